The third-order valence-corrected chi connectivity index (χ3v) is 3.94. The lowest BCUT2D eigenvalue weighted by atomic mass is 9.99. The van der Waals surface area contributed by atoms with E-state index in [9.17, 15) is 4.79 Å². The van der Waals surface area contributed by atoms with Gasteiger partial charge in [0.2, 0.25) is 0 Å². The van der Waals surface area contributed by atoms with E-state index in [2.05, 4.69) is 13.0 Å². The molecule has 0 saturated carbocycles. The van der Waals surface area contributed by atoms with Gasteiger partial charge in [-0.15, -0.1) is 0 Å². The molecule has 0 amide bonds. The van der Waals surface area contributed by atoms with E-state index in [1.807, 2.05) is 30.3 Å². The first-order chi connectivity index (χ1) is 11.2. The van der Waals surface area contributed by atoms with E-state index in [0.717, 1.165) is 30.4 Å². The highest BCUT2D eigenvalue weighted by molar-refractivity contribution is 5.50. The van der Waals surface area contributed by atoms with Crippen molar-refractivity contribution in [3.8, 4) is 5.75 Å². The Kier molecular flexibility index (Phi) is 7.30. The predicted octanol–water partition coefficient (Wildman–Crippen LogP) is 3.54. The Morgan fingerprint density at radius 3 is 2.83 bits per heavy atom. The van der Waals surface area contributed by atoms with Gasteiger partial charge in [0.05, 0.1) is 25.9 Å². The third-order valence-electron chi connectivity index (χ3n) is 3.94. The van der Waals surface area contributed by atoms with Crippen LogP contribution in [0.15, 0.2) is 36.4 Å². The summed E-state index contributed by atoms with van der Waals surface area (Å²) in [5.74, 6) is 1.27. The summed E-state index contributed by atoms with van der Waals surface area (Å²) in [5, 5.41) is 0. The molecule has 0 saturated heterocycles. The molecule has 126 valence electrons. The summed E-state index contributed by atoms with van der Waals surface area (Å²) in [6.07, 6.45) is 7.45. The lowest BCUT2D eigenvalue weighted by Gasteiger charge is -2.27. The molecule has 4 heteroatoms. The zero-order valence-electron chi connectivity index (χ0n) is 13.9. The summed E-state index contributed by atoms with van der Waals surface area (Å²) in [4.78, 5) is 10.6. The maximum absolute atomic E-state index is 10.6. The Hall–Kier alpha value is -1.65. The molecular formula is C19H26O4. The molecule has 0 unspecified atom stereocenters. The fourth-order valence-electron chi connectivity index (χ4n) is 2.73. The molecule has 0 N–H and O–H groups in total. The average Bonchev–Trinajstić information content (AvgIpc) is 2.56. The minimum atomic E-state index is -0.0568. The topological polar surface area (TPSA) is 44.8 Å². The standard InChI is InChI=1S/C19H26O4/c1-15(12-19-5-3-4-18(23-19)10-11-20)13-22-14-16-6-8-17(21-2)9-7-16/h3-4,6-9,11,15,18-19H,5,10,12-14H2,1-2H3/t15-,18+,19+/m1/s1. The minimum Gasteiger partial charge on any atom is -0.497 e. The molecule has 1 aromatic carbocycles. The Labute approximate surface area is 138 Å². The van der Waals surface area contributed by atoms with Gasteiger partial charge in [0.15, 0.2) is 0 Å². The summed E-state index contributed by atoms with van der Waals surface area (Å²) in [6, 6.07) is 7.92. The monoisotopic (exact) mass is 318 g/mol. The van der Waals surface area contributed by atoms with Crippen molar-refractivity contribution in [3.05, 3.63) is 42.0 Å². The summed E-state index contributed by atoms with van der Waals surface area (Å²) in [6.45, 7) is 3.48. The zero-order valence-corrected chi connectivity index (χ0v) is 13.9. The summed E-state index contributed by atoms with van der Waals surface area (Å²) in [7, 11) is 1.66. The summed E-state index contributed by atoms with van der Waals surface area (Å²) in [5.41, 5.74) is 1.14. The van der Waals surface area contributed by atoms with Gasteiger partial charge in [-0.25, -0.2) is 0 Å². The highest BCUT2D eigenvalue weighted by Crippen LogP contribution is 2.21. The number of hydrogen-bond acceptors (Lipinski definition) is 4. The van der Waals surface area contributed by atoms with Gasteiger partial charge in [-0.2, -0.15) is 0 Å². The van der Waals surface area contributed by atoms with Crippen LogP contribution in [0.4, 0.5) is 0 Å². The molecule has 4 nitrogen and oxygen atoms in total. The van der Waals surface area contributed by atoms with Gasteiger partial charge >= 0.3 is 0 Å². The number of aldehydes is 1. The molecule has 1 heterocycles. The van der Waals surface area contributed by atoms with Gasteiger partial charge in [0.1, 0.15) is 12.0 Å². The highest BCUT2D eigenvalue weighted by atomic mass is 16.5. The Bertz CT molecular complexity index is 495. The first-order valence-electron chi connectivity index (χ1n) is 8.17. The van der Waals surface area contributed by atoms with Crippen molar-refractivity contribution in [3.63, 3.8) is 0 Å². The molecule has 23 heavy (non-hydrogen) atoms. The second kappa shape index (κ2) is 9.48. The van der Waals surface area contributed by atoms with E-state index in [0.29, 0.717) is 25.6 Å². The molecule has 0 aliphatic carbocycles. The first kappa shape index (κ1) is 17.7. The molecule has 1 aliphatic rings. The van der Waals surface area contributed by atoms with Crippen LogP contribution < -0.4 is 4.74 Å². The lowest BCUT2D eigenvalue weighted by Crippen LogP contribution is -2.27. The molecule has 0 fully saturated rings. The Balaban J connectivity index is 1.67. The molecule has 0 spiro atoms. The molecule has 1 aromatic rings. The summed E-state index contributed by atoms with van der Waals surface area (Å²) >= 11 is 0. The second-order valence-electron chi connectivity index (χ2n) is 6.07. The molecule has 3 atom stereocenters. The molecular weight excluding hydrogens is 292 g/mol. The van der Waals surface area contributed by atoms with Crippen LogP contribution in [0.2, 0.25) is 0 Å². The van der Waals surface area contributed by atoms with Crippen LogP contribution >= 0.6 is 0 Å². The molecule has 0 radical (unpaired) electrons. The van der Waals surface area contributed by atoms with E-state index in [4.69, 9.17) is 14.2 Å². The van der Waals surface area contributed by atoms with Crippen LogP contribution in [0, 0.1) is 5.92 Å². The largest absolute Gasteiger partial charge is 0.497 e. The molecule has 0 aromatic heterocycles. The number of carbonyl (C=O) groups excluding carboxylic acids is 1. The highest BCUT2D eigenvalue weighted by Gasteiger charge is 2.20. The smallest absolute Gasteiger partial charge is 0.122 e. The maximum Gasteiger partial charge on any atom is 0.122 e. The van der Waals surface area contributed by atoms with Crippen molar-refractivity contribution in [2.24, 2.45) is 5.92 Å². The minimum absolute atomic E-state index is 0.0568. The van der Waals surface area contributed by atoms with Gasteiger partial charge < -0.3 is 19.0 Å². The fraction of sp³-hybridized carbons (Fsp3) is 0.526. The van der Waals surface area contributed by atoms with Crippen LogP contribution in [0.5, 0.6) is 5.75 Å². The van der Waals surface area contributed by atoms with Crippen molar-refractivity contribution < 1.29 is 19.0 Å². The van der Waals surface area contributed by atoms with E-state index < -0.39 is 0 Å². The van der Waals surface area contributed by atoms with Crippen LogP contribution in [-0.2, 0) is 20.9 Å². The number of hydrogen-bond donors (Lipinski definition) is 0. The quantitative estimate of drug-likeness (QED) is 0.516. The number of ether oxygens (including phenoxy) is 3. The SMILES string of the molecule is COc1ccc(COC[C@H](C)C[C@@H]2CC=C[C@@H](CC=O)O2)cc1. The van der Waals surface area contributed by atoms with Gasteiger partial charge in [0.25, 0.3) is 0 Å². The van der Waals surface area contributed by atoms with Gasteiger partial charge in [-0.05, 0) is 36.5 Å². The second-order valence-corrected chi connectivity index (χ2v) is 6.07. The van der Waals surface area contributed by atoms with Crippen LogP contribution in [-0.4, -0.2) is 32.2 Å². The Morgan fingerprint density at radius 1 is 1.35 bits per heavy atom. The van der Waals surface area contributed by atoms with Crippen LogP contribution in [0.1, 0.15) is 31.7 Å². The summed E-state index contributed by atoms with van der Waals surface area (Å²) < 4.78 is 16.8. The molecule has 2 rings (SSSR count). The third kappa shape index (κ3) is 6.16. The van der Waals surface area contributed by atoms with Crippen molar-refractivity contribution in [1.82, 2.24) is 0 Å². The number of methoxy groups -OCH3 is 1. The van der Waals surface area contributed by atoms with Crippen LogP contribution in [0.25, 0.3) is 0 Å². The number of rotatable bonds is 9. The van der Waals surface area contributed by atoms with E-state index in [-0.39, 0.29) is 12.2 Å². The first-order valence-corrected chi connectivity index (χ1v) is 8.17. The van der Waals surface area contributed by atoms with Crippen molar-refractivity contribution in [1.29, 1.82) is 0 Å². The fourth-order valence-corrected chi connectivity index (χ4v) is 2.73. The average molecular weight is 318 g/mol. The van der Waals surface area contributed by atoms with Gasteiger partial charge in [0, 0.05) is 13.0 Å². The van der Waals surface area contributed by atoms with E-state index in [1.54, 1.807) is 7.11 Å². The number of benzene rings is 1. The maximum atomic E-state index is 10.6. The van der Waals surface area contributed by atoms with E-state index in [1.165, 1.54) is 0 Å². The predicted molar refractivity (Wildman–Crippen MR) is 89.5 cm³/mol. The van der Waals surface area contributed by atoms with Crippen molar-refractivity contribution >= 4 is 6.29 Å². The van der Waals surface area contributed by atoms with Crippen molar-refractivity contribution in [2.75, 3.05) is 13.7 Å². The molecule has 1 aliphatic heterocycles. The number of carbonyl (C=O) groups is 1. The van der Waals surface area contributed by atoms with Crippen LogP contribution in [0.3, 0.4) is 0 Å². The van der Waals surface area contributed by atoms with Gasteiger partial charge in [-0.1, -0.05) is 31.2 Å². The lowest BCUT2D eigenvalue weighted by molar-refractivity contribution is -0.111. The Morgan fingerprint density at radius 2 is 2.13 bits per heavy atom. The normalized spacial score (nSPS) is 21.8. The van der Waals surface area contributed by atoms with Crippen molar-refractivity contribution in [2.45, 2.75) is 45.0 Å². The molecule has 0 bridgehead atoms. The zero-order chi connectivity index (χ0) is 16.5. The van der Waals surface area contributed by atoms with E-state index >= 15 is 0 Å². The van der Waals surface area contributed by atoms with Gasteiger partial charge in [-0.3, -0.25) is 0 Å².